The minimum absolute atomic E-state index is 0.112. The highest BCUT2D eigenvalue weighted by Crippen LogP contribution is 1.85. The molecule has 2 N–H and O–H groups in total. The van der Waals surface area contributed by atoms with Gasteiger partial charge in [0.1, 0.15) is 6.23 Å². The number of oxime groups is 1. The summed E-state index contributed by atoms with van der Waals surface area (Å²) >= 11 is 0. The zero-order chi connectivity index (χ0) is 9.40. The maximum Gasteiger partial charge on any atom is 0.222 e. The lowest BCUT2D eigenvalue weighted by Gasteiger charge is -2.07. The van der Waals surface area contributed by atoms with Crippen molar-refractivity contribution in [1.82, 2.24) is 5.32 Å². The van der Waals surface area contributed by atoms with E-state index in [-0.39, 0.29) is 6.61 Å². The van der Waals surface area contributed by atoms with Gasteiger partial charge >= 0.3 is 0 Å². The van der Waals surface area contributed by atoms with Gasteiger partial charge in [-0.2, -0.15) is 0 Å². The smallest absolute Gasteiger partial charge is 0.222 e. The number of rotatable bonds is 5. The Morgan fingerprint density at radius 3 is 2.83 bits per heavy atom. The summed E-state index contributed by atoms with van der Waals surface area (Å²) in [6.07, 6.45) is -0.692. The Morgan fingerprint density at radius 1 is 1.67 bits per heavy atom. The molecule has 5 heteroatoms. The van der Waals surface area contributed by atoms with Gasteiger partial charge in [-0.3, -0.25) is 5.32 Å². The number of aliphatic hydroxyl groups excluding tert-OH is 1. The van der Waals surface area contributed by atoms with Crippen molar-refractivity contribution < 1.29 is 14.7 Å². The van der Waals surface area contributed by atoms with Crippen molar-refractivity contribution in [3.8, 4) is 0 Å². The van der Waals surface area contributed by atoms with Gasteiger partial charge in [0.2, 0.25) is 5.90 Å². The van der Waals surface area contributed by atoms with Gasteiger partial charge in [-0.25, -0.2) is 0 Å². The number of ether oxygens (including phenoxy) is 1. The normalized spacial score (nSPS) is 14.2. The van der Waals surface area contributed by atoms with Gasteiger partial charge in [0.05, 0.1) is 6.61 Å². The Balaban J connectivity index is 3.45. The first kappa shape index (κ1) is 11.2. The summed E-state index contributed by atoms with van der Waals surface area (Å²) in [4.78, 5) is 4.75. The lowest BCUT2D eigenvalue weighted by Crippen LogP contribution is -2.29. The molecule has 0 fully saturated rings. The number of aliphatic hydroxyl groups is 1. The molecular weight excluding hydrogens is 160 g/mol. The molecule has 0 bridgehead atoms. The Bertz CT molecular complexity index is 139. The third-order valence-corrected chi connectivity index (χ3v) is 1.11. The fourth-order valence-electron chi connectivity index (χ4n) is 0.517. The van der Waals surface area contributed by atoms with Crippen LogP contribution in [0.2, 0.25) is 0 Å². The van der Waals surface area contributed by atoms with Crippen molar-refractivity contribution in [3.63, 3.8) is 0 Å². The summed E-state index contributed by atoms with van der Waals surface area (Å²) in [6, 6.07) is 0. The van der Waals surface area contributed by atoms with E-state index in [4.69, 9.17) is 14.7 Å². The van der Waals surface area contributed by atoms with Crippen LogP contribution in [0.1, 0.15) is 13.8 Å². The molecule has 0 aromatic carbocycles. The minimum Gasteiger partial charge on any atom is -0.479 e. The topological polar surface area (TPSA) is 63.1 Å². The van der Waals surface area contributed by atoms with E-state index in [2.05, 4.69) is 10.5 Å². The molecule has 0 spiro atoms. The van der Waals surface area contributed by atoms with Crippen LogP contribution in [0.15, 0.2) is 5.16 Å². The fraction of sp³-hybridized carbons (Fsp3) is 0.857. The number of nitrogens with one attached hydrogen (secondary N) is 1. The Kier molecular flexibility index (Phi) is 6.41. The van der Waals surface area contributed by atoms with Crippen LogP contribution in [0.3, 0.4) is 0 Å². The summed E-state index contributed by atoms with van der Waals surface area (Å²) in [5, 5.41) is 15.1. The zero-order valence-electron chi connectivity index (χ0n) is 7.70. The predicted molar refractivity (Wildman–Crippen MR) is 45.8 cm³/mol. The molecule has 1 unspecified atom stereocenters. The minimum atomic E-state index is -0.692. The first-order valence-corrected chi connectivity index (χ1v) is 3.85. The molecule has 0 amide bonds. The standard InChI is InChI=1S/C7H16N2O3/c1-4-11-6(2)9-12-5-7(10)8-3/h7-8,10H,4-5H2,1-3H3/b9-6+. The molecule has 0 aliphatic rings. The molecule has 0 saturated carbocycles. The van der Waals surface area contributed by atoms with Crippen LogP contribution in [0.4, 0.5) is 0 Å². The lowest BCUT2D eigenvalue weighted by atomic mass is 10.6. The van der Waals surface area contributed by atoms with Crippen LogP contribution < -0.4 is 5.32 Å². The highest BCUT2D eigenvalue weighted by atomic mass is 16.7. The summed E-state index contributed by atoms with van der Waals surface area (Å²) in [5.74, 6) is 0.459. The average Bonchev–Trinajstić information content (AvgIpc) is 2.04. The van der Waals surface area contributed by atoms with Gasteiger partial charge < -0.3 is 14.7 Å². The largest absolute Gasteiger partial charge is 0.479 e. The molecule has 0 heterocycles. The monoisotopic (exact) mass is 176 g/mol. The quantitative estimate of drug-likeness (QED) is 0.266. The van der Waals surface area contributed by atoms with E-state index in [1.54, 1.807) is 14.0 Å². The van der Waals surface area contributed by atoms with Crippen molar-refractivity contribution >= 4 is 5.90 Å². The average molecular weight is 176 g/mol. The molecule has 0 aromatic heterocycles. The van der Waals surface area contributed by atoms with E-state index < -0.39 is 6.23 Å². The first-order valence-electron chi connectivity index (χ1n) is 3.85. The molecule has 0 aliphatic heterocycles. The highest BCUT2D eigenvalue weighted by Gasteiger charge is 1.98. The van der Waals surface area contributed by atoms with Crippen LogP contribution in [-0.4, -0.2) is 37.5 Å². The van der Waals surface area contributed by atoms with Crippen LogP contribution in [0.25, 0.3) is 0 Å². The molecule has 0 radical (unpaired) electrons. The third-order valence-electron chi connectivity index (χ3n) is 1.11. The maximum atomic E-state index is 8.95. The Hall–Kier alpha value is -0.810. The van der Waals surface area contributed by atoms with Gasteiger partial charge in [-0.05, 0) is 14.0 Å². The fourth-order valence-corrected chi connectivity index (χ4v) is 0.517. The second-order valence-electron chi connectivity index (χ2n) is 2.14. The molecule has 5 nitrogen and oxygen atoms in total. The van der Waals surface area contributed by atoms with Crippen LogP contribution in [0, 0.1) is 0 Å². The van der Waals surface area contributed by atoms with Crippen molar-refractivity contribution in [3.05, 3.63) is 0 Å². The number of nitrogens with zero attached hydrogens (tertiary/aromatic N) is 1. The predicted octanol–water partition coefficient (Wildman–Crippen LogP) is -0.0893. The van der Waals surface area contributed by atoms with Crippen molar-refractivity contribution in [2.45, 2.75) is 20.1 Å². The van der Waals surface area contributed by atoms with Gasteiger partial charge in [-0.15, -0.1) is 0 Å². The number of hydrogen-bond donors (Lipinski definition) is 2. The Morgan fingerprint density at radius 2 is 2.33 bits per heavy atom. The second kappa shape index (κ2) is 6.87. The van der Waals surface area contributed by atoms with Gasteiger partial charge in [-0.1, -0.05) is 5.16 Å². The molecular formula is C7H16N2O3. The third kappa shape index (κ3) is 5.94. The Labute approximate surface area is 72.3 Å². The number of hydrogen-bond acceptors (Lipinski definition) is 5. The van der Waals surface area contributed by atoms with Crippen molar-refractivity contribution in [2.24, 2.45) is 5.16 Å². The summed E-state index contributed by atoms with van der Waals surface area (Å²) in [5.41, 5.74) is 0. The summed E-state index contributed by atoms with van der Waals surface area (Å²) < 4.78 is 4.98. The second-order valence-corrected chi connectivity index (χ2v) is 2.14. The van der Waals surface area contributed by atoms with Gasteiger partial charge in [0.15, 0.2) is 6.61 Å². The highest BCUT2D eigenvalue weighted by molar-refractivity contribution is 5.72. The van der Waals surface area contributed by atoms with E-state index in [9.17, 15) is 0 Å². The lowest BCUT2D eigenvalue weighted by molar-refractivity contribution is 0.0227. The maximum absolute atomic E-state index is 8.95. The van der Waals surface area contributed by atoms with Crippen LogP contribution >= 0.6 is 0 Å². The van der Waals surface area contributed by atoms with E-state index >= 15 is 0 Å². The molecule has 1 atom stereocenters. The van der Waals surface area contributed by atoms with Gasteiger partial charge in [0.25, 0.3) is 0 Å². The van der Waals surface area contributed by atoms with Crippen molar-refractivity contribution in [2.75, 3.05) is 20.3 Å². The van der Waals surface area contributed by atoms with Gasteiger partial charge in [0, 0.05) is 6.92 Å². The van der Waals surface area contributed by atoms with E-state index in [1.807, 2.05) is 6.92 Å². The first-order chi connectivity index (χ1) is 5.70. The van der Waals surface area contributed by atoms with E-state index in [0.29, 0.717) is 12.5 Å². The van der Waals surface area contributed by atoms with E-state index in [0.717, 1.165) is 0 Å². The molecule has 0 rings (SSSR count). The molecule has 0 aromatic rings. The summed E-state index contributed by atoms with van der Waals surface area (Å²) in [7, 11) is 1.63. The van der Waals surface area contributed by atoms with E-state index in [1.165, 1.54) is 0 Å². The zero-order valence-corrected chi connectivity index (χ0v) is 7.70. The molecule has 12 heavy (non-hydrogen) atoms. The summed E-state index contributed by atoms with van der Waals surface area (Å²) in [6.45, 7) is 4.23. The SMILES string of the molecule is CCO/C(C)=N/OCC(O)NC. The molecule has 0 aliphatic carbocycles. The number of likely N-dealkylation sites (N-methyl/N-ethyl adjacent to an activating group) is 1. The molecule has 72 valence electrons. The van der Waals surface area contributed by atoms with Crippen LogP contribution in [-0.2, 0) is 9.57 Å². The van der Waals surface area contributed by atoms with Crippen LogP contribution in [0.5, 0.6) is 0 Å². The van der Waals surface area contributed by atoms with Crippen molar-refractivity contribution in [1.29, 1.82) is 0 Å². The molecule has 0 saturated heterocycles.